The minimum Gasteiger partial charge on any atom is -0.314 e. The first-order chi connectivity index (χ1) is 6.77. The Balaban J connectivity index is 2.31. The van der Waals surface area contributed by atoms with Crippen LogP contribution in [0.4, 0.5) is 0 Å². The lowest BCUT2D eigenvalue weighted by Crippen LogP contribution is -2.35. The number of rotatable bonds is 5. The summed E-state index contributed by atoms with van der Waals surface area (Å²) >= 11 is 0. The van der Waals surface area contributed by atoms with Crippen molar-refractivity contribution in [2.24, 2.45) is 11.8 Å². The summed E-state index contributed by atoms with van der Waals surface area (Å²) in [6.07, 6.45) is 8.52. The SMILES string of the molecule is CCCC(C)C1CCCC(NCC)C1. The van der Waals surface area contributed by atoms with E-state index >= 15 is 0 Å². The molecule has 0 radical (unpaired) electrons. The first-order valence-corrected chi connectivity index (χ1v) is 6.51. The van der Waals surface area contributed by atoms with Crippen LogP contribution in [0.25, 0.3) is 0 Å². The molecule has 1 N–H and O–H groups in total. The van der Waals surface area contributed by atoms with Gasteiger partial charge in [-0.25, -0.2) is 0 Å². The smallest absolute Gasteiger partial charge is 0.00696 e. The average Bonchev–Trinajstić information content (AvgIpc) is 2.19. The first-order valence-electron chi connectivity index (χ1n) is 6.51. The summed E-state index contributed by atoms with van der Waals surface area (Å²) in [5, 5.41) is 3.61. The van der Waals surface area contributed by atoms with Crippen molar-refractivity contribution >= 4 is 0 Å². The lowest BCUT2D eigenvalue weighted by molar-refractivity contribution is 0.214. The van der Waals surface area contributed by atoms with Crippen LogP contribution in [0.2, 0.25) is 0 Å². The van der Waals surface area contributed by atoms with Gasteiger partial charge in [-0.1, -0.05) is 46.5 Å². The fourth-order valence-corrected chi connectivity index (χ4v) is 2.91. The Morgan fingerprint density at radius 3 is 2.71 bits per heavy atom. The minimum atomic E-state index is 0.818. The van der Waals surface area contributed by atoms with E-state index in [1.54, 1.807) is 0 Å². The van der Waals surface area contributed by atoms with Crippen molar-refractivity contribution in [2.45, 2.75) is 65.3 Å². The van der Waals surface area contributed by atoms with E-state index in [0.717, 1.165) is 24.4 Å². The topological polar surface area (TPSA) is 12.0 Å². The predicted octanol–water partition coefficient (Wildman–Crippen LogP) is 3.59. The number of nitrogens with one attached hydrogen (secondary N) is 1. The summed E-state index contributed by atoms with van der Waals surface area (Å²) in [5.74, 6) is 1.94. The normalized spacial score (nSPS) is 30.2. The Morgan fingerprint density at radius 1 is 1.29 bits per heavy atom. The van der Waals surface area contributed by atoms with Crippen LogP contribution in [-0.4, -0.2) is 12.6 Å². The summed E-state index contributed by atoms with van der Waals surface area (Å²) in [4.78, 5) is 0. The van der Waals surface area contributed by atoms with Gasteiger partial charge in [-0.15, -0.1) is 0 Å². The van der Waals surface area contributed by atoms with E-state index in [1.807, 2.05) is 0 Å². The second kappa shape index (κ2) is 6.44. The molecule has 0 amide bonds. The van der Waals surface area contributed by atoms with Crippen LogP contribution in [0.3, 0.4) is 0 Å². The molecule has 1 aliphatic carbocycles. The van der Waals surface area contributed by atoms with Crippen LogP contribution in [0.1, 0.15) is 59.3 Å². The van der Waals surface area contributed by atoms with E-state index in [1.165, 1.54) is 38.5 Å². The average molecular weight is 197 g/mol. The maximum Gasteiger partial charge on any atom is 0.00696 e. The zero-order valence-electron chi connectivity index (χ0n) is 10.2. The molecular weight excluding hydrogens is 170 g/mol. The molecule has 0 aliphatic heterocycles. The highest BCUT2D eigenvalue weighted by Gasteiger charge is 2.24. The van der Waals surface area contributed by atoms with Crippen LogP contribution in [-0.2, 0) is 0 Å². The molecule has 1 rings (SSSR count). The first kappa shape index (κ1) is 12.0. The molecule has 3 unspecified atom stereocenters. The lowest BCUT2D eigenvalue weighted by atomic mass is 9.77. The molecule has 0 aromatic carbocycles. The van der Waals surface area contributed by atoms with E-state index in [9.17, 15) is 0 Å². The molecule has 0 bridgehead atoms. The van der Waals surface area contributed by atoms with Gasteiger partial charge >= 0.3 is 0 Å². The van der Waals surface area contributed by atoms with Gasteiger partial charge < -0.3 is 5.32 Å². The Kier molecular flexibility index (Phi) is 5.54. The second-order valence-corrected chi connectivity index (χ2v) is 4.95. The van der Waals surface area contributed by atoms with Crippen molar-refractivity contribution in [3.8, 4) is 0 Å². The third-order valence-electron chi connectivity index (χ3n) is 3.76. The molecule has 0 aromatic heterocycles. The third-order valence-corrected chi connectivity index (χ3v) is 3.76. The molecular formula is C13H27N. The largest absolute Gasteiger partial charge is 0.314 e. The molecule has 1 nitrogen and oxygen atoms in total. The van der Waals surface area contributed by atoms with Gasteiger partial charge in [0.05, 0.1) is 0 Å². The highest BCUT2D eigenvalue weighted by Crippen LogP contribution is 2.32. The molecule has 84 valence electrons. The van der Waals surface area contributed by atoms with Gasteiger partial charge in [0.2, 0.25) is 0 Å². The number of hydrogen-bond acceptors (Lipinski definition) is 1. The van der Waals surface area contributed by atoms with Crippen molar-refractivity contribution in [1.29, 1.82) is 0 Å². The van der Waals surface area contributed by atoms with Gasteiger partial charge in [0.1, 0.15) is 0 Å². The second-order valence-electron chi connectivity index (χ2n) is 4.95. The molecule has 0 spiro atoms. The van der Waals surface area contributed by atoms with Crippen LogP contribution in [0.5, 0.6) is 0 Å². The summed E-state index contributed by atoms with van der Waals surface area (Å²) < 4.78 is 0. The van der Waals surface area contributed by atoms with E-state index in [0.29, 0.717) is 0 Å². The van der Waals surface area contributed by atoms with Crippen molar-refractivity contribution < 1.29 is 0 Å². The summed E-state index contributed by atoms with van der Waals surface area (Å²) in [6.45, 7) is 8.11. The quantitative estimate of drug-likeness (QED) is 0.710. The van der Waals surface area contributed by atoms with Gasteiger partial charge in [0, 0.05) is 6.04 Å². The summed E-state index contributed by atoms with van der Waals surface area (Å²) in [7, 11) is 0. The van der Waals surface area contributed by atoms with Gasteiger partial charge in [0.15, 0.2) is 0 Å². The Morgan fingerprint density at radius 2 is 2.07 bits per heavy atom. The molecule has 1 aliphatic rings. The van der Waals surface area contributed by atoms with Crippen LogP contribution >= 0.6 is 0 Å². The van der Waals surface area contributed by atoms with E-state index in [2.05, 4.69) is 26.1 Å². The minimum absolute atomic E-state index is 0.818. The standard InChI is InChI=1S/C13H27N/c1-4-7-11(3)12-8-6-9-13(10-12)14-5-2/h11-14H,4-10H2,1-3H3. The molecule has 3 atom stereocenters. The monoisotopic (exact) mass is 197 g/mol. The van der Waals surface area contributed by atoms with Gasteiger partial charge in [0.25, 0.3) is 0 Å². The van der Waals surface area contributed by atoms with Crippen LogP contribution in [0.15, 0.2) is 0 Å². The van der Waals surface area contributed by atoms with Crippen molar-refractivity contribution in [1.82, 2.24) is 5.32 Å². The molecule has 14 heavy (non-hydrogen) atoms. The fourth-order valence-electron chi connectivity index (χ4n) is 2.91. The maximum absolute atomic E-state index is 3.61. The molecule has 1 heteroatoms. The number of hydrogen-bond donors (Lipinski definition) is 1. The maximum atomic E-state index is 3.61. The third kappa shape index (κ3) is 3.61. The molecule has 0 heterocycles. The van der Waals surface area contributed by atoms with Crippen LogP contribution in [0, 0.1) is 11.8 Å². The summed E-state index contributed by atoms with van der Waals surface area (Å²) in [6, 6.07) is 0.818. The van der Waals surface area contributed by atoms with Crippen molar-refractivity contribution in [3.63, 3.8) is 0 Å². The van der Waals surface area contributed by atoms with Crippen LogP contribution < -0.4 is 5.32 Å². The Hall–Kier alpha value is -0.0400. The highest BCUT2D eigenvalue weighted by molar-refractivity contribution is 4.80. The van der Waals surface area contributed by atoms with Crippen molar-refractivity contribution in [3.05, 3.63) is 0 Å². The molecule has 0 saturated heterocycles. The lowest BCUT2D eigenvalue weighted by Gasteiger charge is -2.33. The predicted molar refractivity (Wildman–Crippen MR) is 63.5 cm³/mol. The van der Waals surface area contributed by atoms with Crippen molar-refractivity contribution in [2.75, 3.05) is 6.54 Å². The zero-order valence-corrected chi connectivity index (χ0v) is 10.2. The fraction of sp³-hybridized carbons (Fsp3) is 1.00. The highest BCUT2D eigenvalue weighted by atomic mass is 14.9. The van der Waals surface area contributed by atoms with E-state index in [-0.39, 0.29) is 0 Å². The van der Waals surface area contributed by atoms with Gasteiger partial charge in [-0.3, -0.25) is 0 Å². The molecule has 0 aromatic rings. The van der Waals surface area contributed by atoms with E-state index < -0.39 is 0 Å². The zero-order chi connectivity index (χ0) is 10.4. The Bertz CT molecular complexity index is 138. The van der Waals surface area contributed by atoms with Gasteiger partial charge in [-0.05, 0) is 31.2 Å². The Labute approximate surface area is 89.7 Å². The van der Waals surface area contributed by atoms with Gasteiger partial charge in [-0.2, -0.15) is 0 Å². The molecule has 1 fully saturated rings. The van der Waals surface area contributed by atoms with E-state index in [4.69, 9.17) is 0 Å². The summed E-state index contributed by atoms with van der Waals surface area (Å²) in [5.41, 5.74) is 0. The molecule has 1 saturated carbocycles.